The van der Waals surface area contributed by atoms with Crippen LogP contribution in [0.2, 0.25) is 10.0 Å². The Morgan fingerprint density at radius 2 is 1.53 bits per heavy atom. The minimum absolute atomic E-state index is 0.682. The first kappa shape index (κ1) is 13.4. The molecule has 1 saturated carbocycles. The smallest absolute Gasteiger partial charge is 0.0469 e. The van der Waals surface area contributed by atoms with Crippen LogP contribution in [-0.2, 0) is 0 Å². The first-order valence-corrected chi connectivity index (χ1v) is 7.75. The number of anilines is 1. The summed E-state index contributed by atoms with van der Waals surface area (Å²) in [5.74, 6) is 0. The second-order valence-corrected chi connectivity index (χ2v) is 6.47. The number of rotatable bonds is 3. The summed E-state index contributed by atoms with van der Waals surface area (Å²) in [5.41, 5.74) is 0.997. The summed E-state index contributed by atoms with van der Waals surface area (Å²) >= 11 is 13.7. The standard InChI is InChI=1S/C13H17Cl2NS/c14-10-7-11(15)9-12(8-10)16-17-13-5-3-1-2-4-6-13/h7-9,13,16H,1-6H2. The molecule has 94 valence electrons. The van der Waals surface area contributed by atoms with Crippen molar-refractivity contribution < 1.29 is 0 Å². The lowest BCUT2D eigenvalue weighted by Crippen LogP contribution is -2.04. The highest BCUT2D eigenvalue weighted by Gasteiger charge is 2.12. The van der Waals surface area contributed by atoms with Crippen LogP contribution in [0.25, 0.3) is 0 Å². The molecule has 0 spiro atoms. The number of benzene rings is 1. The first-order valence-electron chi connectivity index (χ1n) is 6.12. The van der Waals surface area contributed by atoms with Crippen molar-refractivity contribution in [3.8, 4) is 0 Å². The number of halogens is 2. The molecule has 1 fully saturated rings. The monoisotopic (exact) mass is 289 g/mol. The molecule has 0 aromatic heterocycles. The predicted octanol–water partition coefficient (Wildman–Crippen LogP) is 5.78. The topological polar surface area (TPSA) is 12.0 Å². The van der Waals surface area contributed by atoms with Gasteiger partial charge in [0.05, 0.1) is 0 Å². The Balaban J connectivity index is 1.87. The summed E-state index contributed by atoms with van der Waals surface area (Å²) in [7, 11) is 0. The molecule has 2 rings (SSSR count). The van der Waals surface area contributed by atoms with Gasteiger partial charge in [0.2, 0.25) is 0 Å². The van der Waals surface area contributed by atoms with Crippen molar-refractivity contribution in [2.75, 3.05) is 4.72 Å². The van der Waals surface area contributed by atoms with Gasteiger partial charge in [-0.3, -0.25) is 0 Å². The Hall–Kier alpha value is -0.0500. The molecule has 17 heavy (non-hydrogen) atoms. The van der Waals surface area contributed by atoms with Gasteiger partial charge in [-0.25, -0.2) is 0 Å². The summed E-state index contributed by atoms with van der Waals surface area (Å²) in [6.45, 7) is 0. The van der Waals surface area contributed by atoms with Crippen molar-refractivity contribution in [2.45, 2.75) is 43.8 Å². The van der Waals surface area contributed by atoms with E-state index in [1.54, 1.807) is 6.07 Å². The normalized spacial score (nSPS) is 17.8. The van der Waals surface area contributed by atoms with E-state index in [0.717, 1.165) is 10.9 Å². The van der Waals surface area contributed by atoms with E-state index in [1.165, 1.54) is 38.5 Å². The van der Waals surface area contributed by atoms with E-state index in [0.29, 0.717) is 10.0 Å². The molecule has 4 heteroatoms. The highest BCUT2D eigenvalue weighted by Crippen LogP contribution is 2.30. The van der Waals surface area contributed by atoms with Crippen molar-refractivity contribution in [3.63, 3.8) is 0 Å². The van der Waals surface area contributed by atoms with Gasteiger partial charge in [0.15, 0.2) is 0 Å². The average Bonchev–Trinajstić information content (AvgIpc) is 2.53. The van der Waals surface area contributed by atoms with E-state index >= 15 is 0 Å². The molecule has 0 aliphatic heterocycles. The Bertz CT molecular complexity index is 342. The van der Waals surface area contributed by atoms with Gasteiger partial charge < -0.3 is 4.72 Å². The van der Waals surface area contributed by atoms with Crippen molar-refractivity contribution in [2.24, 2.45) is 0 Å². The second kappa shape index (κ2) is 6.77. The van der Waals surface area contributed by atoms with Crippen LogP contribution >= 0.6 is 35.1 Å². The lowest BCUT2D eigenvalue weighted by Gasteiger charge is -2.14. The average molecular weight is 290 g/mol. The molecule has 0 bridgehead atoms. The van der Waals surface area contributed by atoms with Crippen molar-refractivity contribution in [3.05, 3.63) is 28.2 Å². The molecule has 0 radical (unpaired) electrons. The van der Waals surface area contributed by atoms with E-state index in [4.69, 9.17) is 23.2 Å². The van der Waals surface area contributed by atoms with Crippen LogP contribution in [0.1, 0.15) is 38.5 Å². The fourth-order valence-electron chi connectivity index (χ4n) is 2.12. The summed E-state index contributed by atoms with van der Waals surface area (Å²) in [4.78, 5) is 0. The zero-order valence-electron chi connectivity index (χ0n) is 9.72. The summed E-state index contributed by atoms with van der Waals surface area (Å²) < 4.78 is 3.37. The maximum atomic E-state index is 5.96. The van der Waals surface area contributed by atoms with Crippen molar-refractivity contribution in [1.29, 1.82) is 0 Å². The zero-order valence-corrected chi connectivity index (χ0v) is 12.0. The van der Waals surface area contributed by atoms with Crippen LogP contribution in [0, 0.1) is 0 Å². The molecule has 0 saturated heterocycles. The highest BCUT2D eigenvalue weighted by atomic mass is 35.5. The Morgan fingerprint density at radius 3 is 2.12 bits per heavy atom. The van der Waals surface area contributed by atoms with Crippen molar-refractivity contribution in [1.82, 2.24) is 0 Å². The Labute approximate surface area is 117 Å². The summed E-state index contributed by atoms with van der Waals surface area (Å²) in [5, 5.41) is 2.08. The third-order valence-corrected chi connectivity index (χ3v) is 4.60. The van der Waals surface area contributed by atoms with Gasteiger partial charge >= 0.3 is 0 Å². The fraction of sp³-hybridized carbons (Fsp3) is 0.538. The molecule has 0 heterocycles. The molecule has 1 nitrogen and oxygen atoms in total. The number of hydrogen-bond acceptors (Lipinski definition) is 2. The second-order valence-electron chi connectivity index (χ2n) is 4.49. The Kier molecular flexibility index (Phi) is 5.33. The van der Waals surface area contributed by atoms with Crippen LogP contribution in [0.4, 0.5) is 5.69 Å². The van der Waals surface area contributed by atoms with Gasteiger partial charge in [-0.15, -0.1) is 0 Å². The van der Waals surface area contributed by atoms with E-state index in [9.17, 15) is 0 Å². The lowest BCUT2D eigenvalue weighted by atomic mass is 10.2. The molecule has 1 N–H and O–H groups in total. The molecule has 1 aliphatic rings. The molecule has 0 unspecified atom stereocenters. The van der Waals surface area contributed by atoms with Crippen molar-refractivity contribution >= 4 is 40.8 Å². The zero-order chi connectivity index (χ0) is 12.1. The fourth-order valence-corrected chi connectivity index (χ4v) is 3.64. The molecule has 1 aliphatic carbocycles. The molecule has 0 amide bonds. The quantitative estimate of drug-likeness (QED) is 0.559. The maximum absolute atomic E-state index is 5.96. The van der Waals surface area contributed by atoms with Gasteiger partial charge in [-0.2, -0.15) is 0 Å². The van der Waals surface area contributed by atoms with E-state index < -0.39 is 0 Å². The van der Waals surface area contributed by atoms with Crippen LogP contribution in [0.3, 0.4) is 0 Å². The van der Waals surface area contributed by atoms with Crippen LogP contribution in [0.15, 0.2) is 18.2 Å². The molecule has 0 atom stereocenters. The van der Waals surface area contributed by atoms with E-state index in [-0.39, 0.29) is 0 Å². The number of hydrogen-bond donors (Lipinski definition) is 1. The lowest BCUT2D eigenvalue weighted by molar-refractivity contribution is 0.702. The van der Waals surface area contributed by atoms with Crippen LogP contribution < -0.4 is 4.72 Å². The van der Waals surface area contributed by atoms with Gasteiger partial charge in [0.1, 0.15) is 0 Å². The Morgan fingerprint density at radius 1 is 0.941 bits per heavy atom. The van der Waals surface area contributed by atoms with Gasteiger partial charge in [0, 0.05) is 21.0 Å². The first-order chi connectivity index (χ1) is 8.24. The van der Waals surface area contributed by atoms with E-state index in [1.807, 2.05) is 24.1 Å². The molecular weight excluding hydrogens is 273 g/mol. The molecule has 1 aromatic rings. The third-order valence-electron chi connectivity index (χ3n) is 3.01. The van der Waals surface area contributed by atoms with Gasteiger partial charge in [-0.1, -0.05) is 48.9 Å². The van der Waals surface area contributed by atoms with Crippen LogP contribution in [-0.4, -0.2) is 5.25 Å². The molecular formula is C13H17Cl2NS. The number of nitrogens with one attached hydrogen (secondary N) is 1. The van der Waals surface area contributed by atoms with E-state index in [2.05, 4.69) is 4.72 Å². The van der Waals surface area contributed by atoms with Gasteiger partial charge in [-0.05, 0) is 43.0 Å². The summed E-state index contributed by atoms with van der Waals surface area (Å²) in [6.07, 6.45) is 8.11. The van der Waals surface area contributed by atoms with Crippen LogP contribution in [0.5, 0.6) is 0 Å². The predicted molar refractivity (Wildman–Crippen MR) is 79.2 cm³/mol. The minimum Gasteiger partial charge on any atom is -0.329 e. The third kappa shape index (κ3) is 4.61. The van der Waals surface area contributed by atoms with Gasteiger partial charge in [0.25, 0.3) is 0 Å². The largest absolute Gasteiger partial charge is 0.329 e. The summed E-state index contributed by atoms with van der Waals surface area (Å²) in [6, 6.07) is 5.58. The minimum atomic E-state index is 0.682. The highest BCUT2D eigenvalue weighted by molar-refractivity contribution is 8.01. The maximum Gasteiger partial charge on any atom is 0.0469 e. The SMILES string of the molecule is Clc1cc(Cl)cc(NSC2CCCCCC2)c1. The molecule has 1 aromatic carbocycles.